The Morgan fingerprint density at radius 3 is 2.60 bits per heavy atom. The van der Waals surface area contributed by atoms with E-state index >= 15 is 0 Å². The van der Waals surface area contributed by atoms with Crippen molar-refractivity contribution in [3.05, 3.63) is 102 Å². The maximum atomic E-state index is 2.74. The smallest absolute Gasteiger partial charge is 0.0207 e. The Bertz CT molecular complexity index is 1410. The van der Waals surface area contributed by atoms with Gasteiger partial charge in [-0.3, -0.25) is 0 Å². The summed E-state index contributed by atoms with van der Waals surface area (Å²) in [7, 11) is 0. The van der Waals surface area contributed by atoms with Crippen LogP contribution >= 0.6 is 0 Å². The average Bonchev–Trinajstić information content (AvgIpc) is 3.61. The van der Waals surface area contributed by atoms with Gasteiger partial charge >= 0.3 is 0 Å². The van der Waals surface area contributed by atoms with Gasteiger partial charge in [-0.2, -0.15) is 0 Å². The van der Waals surface area contributed by atoms with Crippen molar-refractivity contribution in [2.75, 3.05) is 19.6 Å². The van der Waals surface area contributed by atoms with E-state index in [-0.39, 0.29) is 5.41 Å². The fraction of sp³-hybridized carbons (Fsp3) is 0.353. The Kier molecular flexibility index (Phi) is 5.10. The summed E-state index contributed by atoms with van der Waals surface area (Å²) < 4.78 is 0. The van der Waals surface area contributed by atoms with Crippen molar-refractivity contribution in [2.24, 2.45) is 23.2 Å². The van der Waals surface area contributed by atoms with Crippen molar-refractivity contribution in [1.29, 1.82) is 0 Å². The number of hydrogen-bond donors (Lipinski definition) is 0. The van der Waals surface area contributed by atoms with Crippen LogP contribution in [0.5, 0.6) is 0 Å². The molecule has 0 spiro atoms. The van der Waals surface area contributed by atoms with Crippen LogP contribution in [0.3, 0.4) is 0 Å². The van der Waals surface area contributed by atoms with E-state index in [1.807, 2.05) is 0 Å². The molecule has 1 saturated heterocycles. The van der Waals surface area contributed by atoms with Crippen LogP contribution in [0.4, 0.5) is 0 Å². The lowest BCUT2D eigenvalue weighted by molar-refractivity contribution is 0.274. The van der Waals surface area contributed by atoms with Crippen molar-refractivity contribution in [1.82, 2.24) is 4.90 Å². The van der Waals surface area contributed by atoms with Gasteiger partial charge in [0, 0.05) is 17.9 Å². The molecular formula is C34H35N. The topological polar surface area (TPSA) is 3.24 Å². The molecule has 1 nitrogen and oxygen atoms in total. The second kappa shape index (κ2) is 8.35. The second-order valence-electron chi connectivity index (χ2n) is 11.5. The standard InChI is InChI=1S/C34H35N/c1-34-17-5-4-11-32(34)28(16-20-35-18-14-26-21-27(26)15-19-35)22-30(34)23-29-9-6-8-25-13-12-24-7-2-3-10-31(24)33(25)29/h2-13,17,22-23,26-27,32H,14-16,18-21H2,1H3. The third kappa shape index (κ3) is 3.72. The lowest BCUT2D eigenvalue weighted by atomic mass is 9.71. The molecule has 35 heavy (non-hydrogen) atoms. The van der Waals surface area contributed by atoms with Gasteiger partial charge in [-0.25, -0.2) is 0 Å². The number of hydrogen-bond acceptors (Lipinski definition) is 1. The van der Waals surface area contributed by atoms with Crippen molar-refractivity contribution < 1.29 is 0 Å². The molecule has 0 N–H and O–H groups in total. The molecule has 0 amide bonds. The van der Waals surface area contributed by atoms with Crippen LogP contribution in [-0.4, -0.2) is 24.5 Å². The Balaban J connectivity index is 1.25. The Hall–Kier alpha value is -2.90. The molecule has 4 atom stereocenters. The monoisotopic (exact) mass is 457 g/mol. The first-order chi connectivity index (χ1) is 17.2. The Morgan fingerprint density at radius 1 is 0.914 bits per heavy atom. The predicted molar refractivity (Wildman–Crippen MR) is 149 cm³/mol. The van der Waals surface area contributed by atoms with Gasteiger partial charge in [-0.15, -0.1) is 0 Å². The van der Waals surface area contributed by atoms with Crippen LogP contribution in [0.15, 0.2) is 96.1 Å². The van der Waals surface area contributed by atoms with E-state index in [2.05, 4.69) is 103 Å². The quantitative estimate of drug-likeness (QED) is 0.357. The van der Waals surface area contributed by atoms with Crippen LogP contribution in [0, 0.1) is 23.2 Å². The highest BCUT2D eigenvalue weighted by Gasteiger charge is 2.42. The molecule has 3 aliphatic carbocycles. The van der Waals surface area contributed by atoms with Crippen LogP contribution < -0.4 is 0 Å². The third-order valence-electron chi connectivity index (χ3n) is 9.40. The minimum atomic E-state index is 0.0389. The van der Waals surface area contributed by atoms with Crippen LogP contribution in [0.2, 0.25) is 0 Å². The molecule has 0 bridgehead atoms. The maximum Gasteiger partial charge on any atom is 0.0207 e. The molecule has 2 fully saturated rings. The largest absolute Gasteiger partial charge is 0.303 e. The molecule has 3 aromatic carbocycles. The summed E-state index contributed by atoms with van der Waals surface area (Å²) in [5, 5.41) is 5.35. The molecule has 3 aromatic rings. The first-order valence-corrected chi connectivity index (χ1v) is 13.6. The van der Waals surface area contributed by atoms with Crippen molar-refractivity contribution >= 4 is 27.6 Å². The van der Waals surface area contributed by atoms with Crippen LogP contribution in [0.25, 0.3) is 27.6 Å². The second-order valence-corrected chi connectivity index (χ2v) is 11.5. The molecule has 4 aliphatic rings. The summed E-state index contributed by atoms with van der Waals surface area (Å²) in [6.07, 6.45) is 20.0. The summed E-state index contributed by atoms with van der Waals surface area (Å²) in [5.41, 5.74) is 4.44. The number of rotatable bonds is 4. The van der Waals surface area contributed by atoms with Gasteiger partial charge in [0.15, 0.2) is 0 Å². The molecule has 1 saturated carbocycles. The van der Waals surface area contributed by atoms with Gasteiger partial charge in [0.1, 0.15) is 0 Å². The van der Waals surface area contributed by atoms with Gasteiger partial charge in [-0.05, 0) is 83.3 Å². The normalized spacial score (nSPS) is 30.9. The highest BCUT2D eigenvalue weighted by Crippen LogP contribution is 2.52. The predicted octanol–water partition coefficient (Wildman–Crippen LogP) is 8.19. The maximum absolute atomic E-state index is 2.74. The fourth-order valence-corrected chi connectivity index (χ4v) is 7.10. The van der Waals surface area contributed by atoms with E-state index in [9.17, 15) is 0 Å². The van der Waals surface area contributed by atoms with Gasteiger partial charge in [0.05, 0.1) is 0 Å². The summed E-state index contributed by atoms with van der Waals surface area (Å²) in [6.45, 7) is 6.26. The molecule has 1 heteroatoms. The third-order valence-corrected chi connectivity index (χ3v) is 9.40. The minimum absolute atomic E-state index is 0.0389. The molecule has 4 unspecified atom stereocenters. The molecule has 1 heterocycles. The van der Waals surface area contributed by atoms with Crippen molar-refractivity contribution in [3.63, 3.8) is 0 Å². The fourth-order valence-electron chi connectivity index (χ4n) is 7.10. The first kappa shape index (κ1) is 21.4. The number of allylic oxidation sites excluding steroid dienone is 6. The molecule has 7 rings (SSSR count). The van der Waals surface area contributed by atoms with E-state index in [0.29, 0.717) is 5.92 Å². The molecule has 1 aliphatic heterocycles. The highest BCUT2D eigenvalue weighted by atomic mass is 15.1. The van der Waals surface area contributed by atoms with E-state index < -0.39 is 0 Å². The summed E-state index contributed by atoms with van der Waals surface area (Å²) in [6, 6.07) is 20.1. The number of fused-ring (bicyclic) bond motifs is 5. The molecular weight excluding hydrogens is 422 g/mol. The lowest BCUT2D eigenvalue weighted by Gasteiger charge is -2.33. The van der Waals surface area contributed by atoms with Gasteiger partial charge in [0.2, 0.25) is 0 Å². The van der Waals surface area contributed by atoms with Crippen LogP contribution in [0.1, 0.15) is 38.2 Å². The number of benzene rings is 3. The van der Waals surface area contributed by atoms with Gasteiger partial charge < -0.3 is 4.90 Å². The Labute approximate surface area is 209 Å². The van der Waals surface area contributed by atoms with Crippen molar-refractivity contribution in [2.45, 2.75) is 32.6 Å². The summed E-state index contributed by atoms with van der Waals surface area (Å²) in [5.74, 6) is 2.57. The van der Waals surface area contributed by atoms with E-state index in [1.165, 1.54) is 78.0 Å². The summed E-state index contributed by atoms with van der Waals surface area (Å²) >= 11 is 0. The zero-order valence-electron chi connectivity index (χ0n) is 20.8. The highest BCUT2D eigenvalue weighted by molar-refractivity contribution is 6.11. The molecule has 0 radical (unpaired) electrons. The molecule has 176 valence electrons. The van der Waals surface area contributed by atoms with Crippen molar-refractivity contribution in [3.8, 4) is 0 Å². The average molecular weight is 458 g/mol. The van der Waals surface area contributed by atoms with Crippen LogP contribution in [-0.2, 0) is 0 Å². The van der Waals surface area contributed by atoms with E-state index in [0.717, 1.165) is 11.8 Å². The number of nitrogens with zero attached hydrogens (tertiary/aromatic N) is 1. The zero-order chi connectivity index (χ0) is 23.4. The van der Waals surface area contributed by atoms with Gasteiger partial charge in [0.25, 0.3) is 0 Å². The first-order valence-electron chi connectivity index (χ1n) is 13.6. The Morgan fingerprint density at radius 2 is 1.71 bits per heavy atom. The van der Waals surface area contributed by atoms with E-state index in [1.54, 1.807) is 5.57 Å². The van der Waals surface area contributed by atoms with E-state index in [4.69, 9.17) is 0 Å². The van der Waals surface area contributed by atoms with Gasteiger partial charge in [-0.1, -0.05) is 104 Å². The minimum Gasteiger partial charge on any atom is -0.303 e. The molecule has 0 aromatic heterocycles. The SMILES string of the molecule is CC12C=CC=CC1C(CCN1CCC3CC3CC1)=CC2=Cc1cccc2ccc3ccccc3c12. The lowest BCUT2D eigenvalue weighted by Crippen LogP contribution is -2.28. The zero-order valence-corrected chi connectivity index (χ0v) is 20.8. The summed E-state index contributed by atoms with van der Waals surface area (Å²) in [4.78, 5) is 2.74. The number of likely N-dealkylation sites (tertiary alicyclic amines) is 1.